The molecular weight excluding hydrogens is 444 g/mol. The van der Waals surface area contributed by atoms with Crippen LogP contribution in [0.1, 0.15) is 77.0 Å². The Morgan fingerprint density at radius 1 is 0.457 bits per heavy atom. The summed E-state index contributed by atoms with van der Waals surface area (Å²) >= 11 is 0. The van der Waals surface area contributed by atoms with Crippen molar-refractivity contribution in [2.45, 2.75) is 87.1 Å². The van der Waals surface area contributed by atoms with Crippen molar-refractivity contribution in [3.8, 4) is 11.5 Å². The van der Waals surface area contributed by atoms with Crippen molar-refractivity contribution in [3.05, 3.63) is 60.7 Å². The Morgan fingerprint density at radius 2 is 0.743 bits per heavy atom. The van der Waals surface area contributed by atoms with Gasteiger partial charge in [-0.25, -0.2) is 0 Å². The van der Waals surface area contributed by atoms with E-state index in [-0.39, 0.29) is 10.1 Å². The van der Waals surface area contributed by atoms with E-state index in [2.05, 4.69) is 60.7 Å². The molecule has 2 aromatic carbocycles. The standard InChI is InChI=1S/C32H40O2Si/c1-3-7-29(8-4-1)33-35(34-30-9-5-2-6-10-30,31-17-23-11-24(18-31)13-25(12-23)19-31)32-20-26-14-27(21-32)16-28(15-26)22-32/h1-10,23-28H,11-22H2. The third kappa shape index (κ3) is 3.19. The molecule has 0 radical (unpaired) electrons. The first-order chi connectivity index (χ1) is 17.1. The largest absolute Gasteiger partial charge is 0.511 e. The van der Waals surface area contributed by atoms with E-state index in [0.717, 1.165) is 47.0 Å². The predicted octanol–water partition coefficient (Wildman–Crippen LogP) is 8.53. The summed E-state index contributed by atoms with van der Waals surface area (Å²) in [6.45, 7) is 0. The first-order valence-corrected chi connectivity index (χ1v) is 16.4. The van der Waals surface area contributed by atoms with E-state index in [1.807, 2.05) is 0 Å². The summed E-state index contributed by atoms with van der Waals surface area (Å²) in [6.07, 6.45) is 17.0. The molecule has 0 unspecified atom stereocenters. The number of benzene rings is 2. The van der Waals surface area contributed by atoms with Gasteiger partial charge in [0, 0.05) is 10.1 Å². The van der Waals surface area contributed by atoms with Crippen LogP contribution >= 0.6 is 0 Å². The van der Waals surface area contributed by atoms with Crippen molar-refractivity contribution in [2.75, 3.05) is 0 Å². The summed E-state index contributed by atoms with van der Waals surface area (Å²) in [4.78, 5) is 0. The van der Waals surface area contributed by atoms with Gasteiger partial charge in [-0.2, -0.15) is 0 Å². The van der Waals surface area contributed by atoms with Crippen molar-refractivity contribution in [2.24, 2.45) is 35.5 Å². The molecule has 35 heavy (non-hydrogen) atoms. The van der Waals surface area contributed by atoms with Crippen LogP contribution < -0.4 is 8.85 Å². The average Bonchev–Trinajstić information content (AvgIpc) is 2.83. The van der Waals surface area contributed by atoms with Crippen LogP contribution in [0, 0.1) is 35.5 Å². The van der Waals surface area contributed by atoms with Crippen LogP contribution in [0.15, 0.2) is 60.7 Å². The van der Waals surface area contributed by atoms with Crippen LogP contribution in [0.3, 0.4) is 0 Å². The third-order valence-corrected chi connectivity index (χ3v) is 16.5. The van der Waals surface area contributed by atoms with E-state index < -0.39 is 8.56 Å². The minimum Gasteiger partial charge on any atom is -0.511 e. The van der Waals surface area contributed by atoms with E-state index in [4.69, 9.17) is 8.85 Å². The molecule has 0 spiro atoms. The van der Waals surface area contributed by atoms with Crippen molar-refractivity contribution in [3.63, 3.8) is 0 Å². The second kappa shape index (κ2) is 7.63. The highest BCUT2D eigenvalue weighted by Gasteiger charge is 2.78. The lowest BCUT2D eigenvalue weighted by Crippen LogP contribution is -2.72. The van der Waals surface area contributed by atoms with Gasteiger partial charge >= 0.3 is 8.56 Å². The maximum atomic E-state index is 7.69. The summed E-state index contributed by atoms with van der Waals surface area (Å²) in [7, 11) is -2.78. The van der Waals surface area contributed by atoms with Crippen LogP contribution in [0.2, 0.25) is 10.1 Å². The molecule has 3 heteroatoms. The number of rotatable bonds is 6. The van der Waals surface area contributed by atoms with Crippen molar-refractivity contribution < 1.29 is 8.85 Å². The van der Waals surface area contributed by atoms with Gasteiger partial charge in [-0.15, -0.1) is 0 Å². The topological polar surface area (TPSA) is 18.5 Å². The molecule has 8 saturated carbocycles. The lowest BCUT2D eigenvalue weighted by molar-refractivity contribution is -0.0237. The summed E-state index contributed by atoms with van der Waals surface area (Å²) < 4.78 is 15.4. The number of hydrogen-bond donors (Lipinski definition) is 0. The first-order valence-electron chi connectivity index (χ1n) is 14.6. The Morgan fingerprint density at radius 3 is 1.03 bits per heavy atom. The van der Waals surface area contributed by atoms with Gasteiger partial charge in [0.15, 0.2) is 0 Å². The molecule has 0 N–H and O–H groups in total. The smallest absolute Gasteiger partial charge is 0.473 e. The molecule has 0 aliphatic heterocycles. The van der Waals surface area contributed by atoms with E-state index in [9.17, 15) is 0 Å². The lowest BCUT2D eigenvalue weighted by atomic mass is 9.55. The lowest BCUT2D eigenvalue weighted by Gasteiger charge is -2.68. The zero-order valence-electron chi connectivity index (χ0n) is 21.0. The van der Waals surface area contributed by atoms with Crippen LogP contribution in [0.4, 0.5) is 0 Å². The van der Waals surface area contributed by atoms with Crippen molar-refractivity contribution in [1.29, 1.82) is 0 Å². The van der Waals surface area contributed by atoms with Gasteiger partial charge in [-0.1, -0.05) is 36.4 Å². The molecule has 8 aliphatic carbocycles. The Labute approximate surface area is 212 Å². The molecule has 0 heterocycles. The van der Waals surface area contributed by atoms with E-state index >= 15 is 0 Å². The molecule has 0 atom stereocenters. The maximum absolute atomic E-state index is 7.69. The second-order valence-corrected chi connectivity index (χ2v) is 17.6. The average molecular weight is 485 g/mol. The minimum atomic E-state index is -2.78. The molecule has 0 amide bonds. The Hall–Kier alpha value is -1.74. The van der Waals surface area contributed by atoms with E-state index in [0.29, 0.717) is 0 Å². The molecule has 2 aromatic rings. The maximum Gasteiger partial charge on any atom is 0.473 e. The first kappa shape index (κ1) is 21.4. The molecule has 8 aliphatic rings. The van der Waals surface area contributed by atoms with Crippen LogP contribution in [-0.2, 0) is 0 Å². The van der Waals surface area contributed by atoms with Gasteiger partial charge in [-0.05, 0) is 137 Å². The summed E-state index contributed by atoms with van der Waals surface area (Å²) in [5.41, 5.74) is 0. The molecule has 8 fully saturated rings. The van der Waals surface area contributed by atoms with Gasteiger partial charge in [0.05, 0.1) is 0 Å². The fourth-order valence-corrected chi connectivity index (χ4v) is 17.7. The molecule has 0 aromatic heterocycles. The minimum absolute atomic E-state index is 0.263. The quantitative estimate of drug-likeness (QED) is 0.382. The SMILES string of the molecule is c1ccc(O[Si](Oc2ccccc2)(C23CC4CC(CC(C4)C2)C3)C23CC4CC(CC(C4)C2)C3)cc1. The van der Waals surface area contributed by atoms with Crippen molar-refractivity contribution >= 4 is 8.56 Å². The normalized spacial score (nSPS) is 42.9. The fourth-order valence-electron chi connectivity index (χ4n) is 11.4. The molecule has 0 saturated heterocycles. The highest BCUT2D eigenvalue weighted by Crippen LogP contribution is 2.77. The molecule has 184 valence electrons. The zero-order valence-corrected chi connectivity index (χ0v) is 22.0. The Kier molecular flexibility index (Phi) is 4.66. The van der Waals surface area contributed by atoms with Crippen LogP contribution in [-0.4, -0.2) is 8.56 Å². The van der Waals surface area contributed by atoms with Crippen LogP contribution in [0.5, 0.6) is 11.5 Å². The van der Waals surface area contributed by atoms with Gasteiger partial charge in [0.25, 0.3) is 0 Å². The highest BCUT2D eigenvalue weighted by molar-refractivity contribution is 6.75. The van der Waals surface area contributed by atoms with Gasteiger partial charge < -0.3 is 8.85 Å². The van der Waals surface area contributed by atoms with Gasteiger partial charge in [0.1, 0.15) is 11.5 Å². The Bertz CT molecular complexity index is 921. The summed E-state index contributed by atoms with van der Waals surface area (Å²) in [6, 6.07) is 21.8. The van der Waals surface area contributed by atoms with Crippen LogP contribution in [0.25, 0.3) is 0 Å². The highest BCUT2D eigenvalue weighted by atomic mass is 28.4. The summed E-state index contributed by atoms with van der Waals surface area (Å²) in [5, 5.41) is 0.526. The molecule has 2 nitrogen and oxygen atoms in total. The molecule has 10 rings (SSSR count). The Balaban J connectivity index is 1.34. The molecular formula is C32H40O2Si. The third-order valence-electron chi connectivity index (χ3n) is 11.5. The monoisotopic (exact) mass is 484 g/mol. The zero-order chi connectivity index (χ0) is 23.1. The number of para-hydroxylation sites is 2. The van der Waals surface area contributed by atoms with Gasteiger partial charge in [-0.3, -0.25) is 0 Å². The predicted molar refractivity (Wildman–Crippen MR) is 142 cm³/mol. The van der Waals surface area contributed by atoms with E-state index in [1.54, 1.807) is 0 Å². The fraction of sp³-hybridized carbons (Fsp3) is 0.625. The number of hydrogen-bond acceptors (Lipinski definition) is 2. The van der Waals surface area contributed by atoms with Gasteiger partial charge in [0.2, 0.25) is 0 Å². The molecule has 8 bridgehead atoms. The summed E-state index contributed by atoms with van der Waals surface area (Å²) in [5.74, 6) is 7.56. The second-order valence-electron chi connectivity index (χ2n) is 13.8. The van der Waals surface area contributed by atoms with E-state index in [1.165, 1.54) is 77.0 Å². The van der Waals surface area contributed by atoms with Crippen molar-refractivity contribution in [1.82, 2.24) is 0 Å².